The second kappa shape index (κ2) is 19.0. The Kier molecular flexibility index (Phi) is 21.2. The second-order valence-electron chi connectivity index (χ2n) is 6.57. The van der Waals surface area contributed by atoms with Crippen LogP contribution < -0.4 is 0 Å². The Morgan fingerprint density at radius 3 is 1.15 bits per heavy atom. The molecule has 0 amide bonds. The van der Waals surface area contributed by atoms with Gasteiger partial charge in [0, 0.05) is 0 Å². The molecule has 0 aromatic rings. The van der Waals surface area contributed by atoms with Crippen molar-refractivity contribution in [3.05, 3.63) is 0 Å². The summed E-state index contributed by atoms with van der Waals surface area (Å²) in [7, 11) is 0. The summed E-state index contributed by atoms with van der Waals surface area (Å²) in [5.41, 5.74) is 0. The van der Waals surface area contributed by atoms with E-state index in [0.717, 1.165) is 5.92 Å². The van der Waals surface area contributed by atoms with E-state index >= 15 is 0 Å². The maximum Gasteiger partial charge on any atom is -0.0443 e. The maximum absolute atomic E-state index is 2.46. The smallest absolute Gasteiger partial charge is 0.0443 e. The molecule has 0 bridgehead atoms. The summed E-state index contributed by atoms with van der Waals surface area (Å²) < 4.78 is 0. The third kappa shape index (κ3) is 18.0. The van der Waals surface area contributed by atoms with Crippen LogP contribution in [-0.4, -0.2) is 0 Å². The largest absolute Gasteiger partial charge is 0.0776 e. The van der Waals surface area contributed by atoms with Gasteiger partial charge in [-0.1, -0.05) is 125 Å². The van der Waals surface area contributed by atoms with E-state index in [9.17, 15) is 0 Å². The Morgan fingerprint density at radius 1 is 0.500 bits per heavy atom. The second-order valence-corrected chi connectivity index (χ2v) is 6.57. The minimum atomic E-state index is 0. The summed E-state index contributed by atoms with van der Waals surface area (Å²) in [6, 6.07) is 0. The van der Waals surface area contributed by atoms with E-state index in [0.29, 0.717) is 0 Å². The number of hydrogen-bond donors (Lipinski definition) is 0. The van der Waals surface area contributed by atoms with Gasteiger partial charge in [0.15, 0.2) is 0 Å². The summed E-state index contributed by atoms with van der Waals surface area (Å²) in [6.45, 7) is 7.05. The van der Waals surface area contributed by atoms with Gasteiger partial charge in [0.25, 0.3) is 0 Å². The van der Waals surface area contributed by atoms with E-state index in [-0.39, 0.29) is 7.43 Å². The fourth-order valence-electron chi connectivity index (χ4n) is 2.87. The zero-order chi connectivity index (χ0) is 14.2. The number of rotatable bonds is 15. The number of unbranched alkanes of at least 4 members (excludes halogenated alkanes) is 11. The lowest BCUT2D eigenvalue weighted by Crippen LogP contribution is -1.95. The molecule has 0 saturated heterocycles. The lowest BCUT2D eigenvalue weighted by Gasteiger charge is -2.11. The van der Waals surface area contributed by atoms with Gasteiger partial charge in [0.2, 0.25) is 0 Å². The molecule has 0 aliphatic carbocycles. The minimum Gasteiger partial charge on any atom is -0.0776 e. The van der Waals surface area contributed by atoms with Crippen LogP contribution in [0.4, 0.5) is 0 Å². The van der Waals surface area contributed by atoms with Crippen LogP contribution in [0.5, 0.6) is 0 Å². The Morgan fingerprint density at radius 2 is 0.800 bits per heavy atom. The first kappa shape index (κ1) is 22.3. The SMILES string of the molecule is C.CCCCCCCCCC(C)CCCCCCCC. The quantitative estimate of drug-likeness (QED) is 0.266. The molecule has 0 aliphatic rings. The van der Waals surface area contributed by atoms with Crippen molar-refractivity contribution in [1.29, 1.82) is 0 Å². The summed E-state index contributed by atoms with van der Waals surface area (Å²) in [6.07, 6.45) is 21.8. The van der Waals surface area contributed by atoms with Gasteiger partial charge in [0.1, 0.15) is 0 Å². The minimum absolute atomic E-state index is 0. The fraction of sp³-hybridized carbons (Fsp3) is 1.00. The molecule has 0 aliphatic heterocycles. The topological polar surface area (TPSA) is 0 Å². The standard InChI is InChI=1S/C19H40.CH4/c1-4-6-8-10-12-14-16-18-19(3)17-15-13-11-9-7-5-2;/h19H,4-18H2,1-3H3;1H4. The van der Waals surface area contributed by atoms with Crippen LogP contribution >= 0.6 is 0 Å². The first-order valence-electron chi connectivity index (χ1n) is 9.31. The molecule has 0 N–H and O–H groups in total. The van der Waals surface area contributed by atoms with Crippen molar-refractivity contribution in [3.8, 4) is 0 Å². The zero-order valence-electron chi connectivity index (χ0n) is 14.2. The van der Waals surface area contributed by atoms with E-state index in [4.69, 9.17) is 0 Å². The number of hydrogen-bond acceptors (Lipinski definition) is 0. The Hall–Kier alpha value is 0. The Balaban J connectivity index is 0. The van der Waals surface area contributed by atoms with Gasteiger partial charge in [0.05, 0.1) is 0 Å². The molecule has 0 rings (SSSR count). The maximum atomic E-state index is 2.46. The highest BCUT2D eigenvalue weighted by molar-refractivity contribution is 4.55. The monoisotopic (exact) mass is 284 g/mol. The van der Waals surface area contributed by atoms with E-state index in [1.54, 1.807) is 0 Å². The van der Waals surface area contributed by atoms with Gasteiger partial charge in [-0.25, -0.2) is 0 Å². The lowest BCUT2D eigenvalue weighted by atomic mass is 9.96. The van der Waals surface area contributed by atoms with Gasteiger partial charge in [-0.05, 0) is 5.92 Å². The van der Waals surface area contributed by atoms with E-state index in [2.05, 4.69) is 20.8 Å². The molecule has 1 unspecified atom stereocenters. The normalized spacial score (nSPS) is 12.2. The highest BCUT2D eigenvalue weighted by atomic mass is 14.1. The van der Waals surface area contributed by atoms with Crippen molar-refractivity contribution < 1.29 is 0 Å². The van der Waals surface area contributed by atoms with Crippen molar-refractivity contribution in [2.45, 2.75) is 125 Å². The van der Waals surface area contributed by atoms with E-state index in [1.165, 1.54) is 96.3 Å². The first-order chi connectivity index (χ1) is 9.31. The zero-order valence-corrected chi connectivity index (χ0v) is 14.2. The third-order valence-electron chi connectivity index (χ3n) is 4.35. The average molecular weight is 285 g/mol. The molecule has 0 aromatic carbocycles. The molecule has 0 saturated carbocycles. The molecule has 20 heavy (non-hydrogen) atoms. The molecule has 0 heterocycles. The van der Waals surface area contributed by atoms with Gasteiger partial charge in [-0.2, -0.15) is 0 Å². The molecule has 1 atom stereocenters. The molecule has 0 spiro atoms. The molecule has 124 valence electrons. The van der Waals surface area contributed by atoms with Gasteiger partial charge in [-0.15, -0.1) is 0 Å². The van der Waals surface area contributed by atoms with Crippen LogP contribution in [0.3, 0.4) is 0 Å². The third-order valence-corrected chi connectivity index (χ3v) is 4.35. The average Bonchev–Trinajstić information content (AvgIpc) is 2.41. The Bertz CT molecular complexity index is 150. The van der Waals surface area contributed by atoms with Crippen LogP contribution in [0.15, 0.2) is 0 Å². The van der Waals surface area contributed by atoms with E-state index < -0.39 is 0 Å². The molecule has 0 heteroatoms. The molecule has 0 fully saturated rings. The van der Waals surface area contributed by atoms with Crippen LogP contribution in [0.25, 0.3) is 0 Å². The summed E-state index contributed by atoms with van der Waals surface area (Å²) in [4.78, 5) is 0. The van der Waals surface area contributed by atoms with Crippen molar-refractivity contribution in [3.63, 3.8) is 0 Å². The highest BCUT2D eigenvalue weighted by Gasteiger charge is 2.01. The van der Waals surface area contributed by atoms with Gasteiger partial charge >= 0.3 is 0 Å². The van der Waals surface area contributed by atoms with Crippen LogP contribution in [0.1, 0.15) is 125 Å². The molecule has 0 radical (unpaired) electrons. The first-order valence-corrected chi connectivity index (χ1v) is 9.31. The lowest BCUT2D eigenvalue weighted by molar-refractivity contribution is 0.431. The summed E-state index contributed by atoms with van der Waals surface area (Å²) in [5, 5.41) is 0. The summed E-state index contributed by atoms with van der Waals surface area (Å²) in [5.74, 6) is 0.974. The Labute approximate surface area is 131 Å². The fourth-order valence-corrected chi connectivity index (χ4v) is 2.87. The molecule has 0 aromatic heterocycles. The predicted molar refractivity (Wildman–Crippen MR) is 96.5 cm³/mol. The van der Waals surface area contributed by atoms with Crippen LogP contribution in [-0.2, 0) is 0 Å². The van der Waals surface area contributed by atoms with Crippen LogP contribution in [0.2, 0.25) is 0 Å². The summed E-state index contributed by atoms with van der Waals surface area (Å²) >= 11 is 0. The van der Waals surface area contributed by atoms with E-state index in [1.807, 2.05) is 0 Å². The van der Waals surface area contributed by atoms with Crippen molar-refractivity contribution in [2.75, 3.05) is 0 Å². The molecule has 0 nitrogen and oxygen atoms in total. The highest BCUT2D eigenvalue weighted by Crippen LogP contribution is 2.18. The predicted octanol–water partition coefficient (Wildman–Crippen LogP) is 8.15. The molecular formula is C20H44. The van der Waals surface area contributed by atoms with Crippen LogP contribution in [0, 0.1) is 5.92 Å². The van der Waals surface area contributed by atoms with Crippen molar-refractivity contribution in [1.82, 2.24) is 0 Å². The van der Waals surface area contributed by atoms with Crippen molar-refractivity contribution >= 4 is 0 Å². The molecular weight excluding hydrogens is 240 g/mol. The van der Waals surface area contributed by atoms with Gasteiger partial charge < -0.3 is 0 Å². The van der Waals surface area contributed by atoms with Crippen molar-refractivity contribution in [2.24, 2.45) is 5.92 Å². The van der Waals surface area contributed by atoms with Gasteiger partial charge in [-0.3, -0.25) is 0 Å².